The topological polar surface area (TPSA) is 77.4 Å². The molecule has 0 spiro atoms. The Morgan fingerprint density at radius 1 is 1.21 bits per heavy atom. The molecule has 1 aromatic heterocycles. The largest absolute Gasteiger partial charge is 0.494 e. The van der Waals surface area contributed by atoms with E-state index in [0.29, 0.717) is 34.8 Å². The monoisotopic (exact) mass is 528 g/mol. The third kappa shape index (κ3) is 4.99. The highest BCUT2D eigenvalue weighted by molar-refractivity contribution is 9.10. The van der Waals surface area contributed by atoms with Crippen molar-refractivity contribution in [2.75, 3.05) is 17.3 Å². The minimum Gasteiger partial charge on any atom is -0.494 e. The second-order valence-electron chi connectivity index (χ2n) is 7.44. The van der Waals surface area contributed by atoms with Crippen LogP contribution in [-0.2, 0) is 4.79 Å². The number of ether oxygens (including phenoxy) is 2. The van der Waals surface area contributed by atoms with E-state index in [1.54, 1.807) is 16.7 Å². The number of nitrogens with zero attached hydrogens (tertiary/aromatic N) is 4. The molecule has 2 heterocycles. The van der Waals surface area contributed by atoms with E-state index in [9.17, 15) is 4.79 Å². The number of hydrogen-bond donors (Lipinski definition) is 0. The molecular weight excluding hydrogens is 504 g/mol. The van der Waals surface area contributed by atoms with Crippen LogP contribution in [0.5, 0.6) is 11.6 Å². The summed E-state index contributed by atoms with van der Waals surface area (Å²) in [6, 6.07) is 13.2. The third-order valence-electron chi connectivity index (χ3n) is 5.12. The predicted molar refractivity (Wildman–Crippen MR) is 133 cm³/mol. The Morgan fingerprint density at radius 2 is 2.03 bits per heavy atom. The van der Waals surface area contributed by atoms with Gasteiger partial charge < -0.3 is 9.47 Å². The fourth-order valence-corrected chi connectivity index (χ4v) is 4.90. The molecule has 0 fully saturated rings. The molecule has 0 bridgehead atoms. The lowest BCUT2D eigenvalue weighted by Gasteiger charge is -2.30. The fraction of sp³-hybridized carbons (Fsp3) is 0.333. The zero-order valence-electron chi connectivity index (χ0n) is 18.7. The highest BCUT2D eigenvalue weighted by atomic mass is 79.9. The number of fused-ring (bicyclic) bond motifs is 3. The van der Waals surface area contributed by atoms with Gasteiger partial charge in [-0.25, -0.2) is 0 Å². The highest BCUT2D eigenvalue weighted by Gasteiger charge is 2.35. The van der Waals surface area contributed by atoms with Gasteiger partial charge in [-0.2, -0.15) is 4.98 Å². The number of rotatable bonds is 7. The van der Waals surface area contributed by atoms with Gasteiger partial charge in [0.05, 0.1) is 12.3 Å². The second-order valence-corrected chi connectivity index (χ2v) is 9.36. The number of para-hydroxylation sites is 1. The van der Waals surface area contributed by atoms with Crippen LogP contribution >= 0.6 is 27.7 Å². The Morgan fingerprint density at radius 3 is 2.79 bits per heavy atom. The first-order chi connectivity index (χ1) is 16.0. The van der Waals surface area contributed by atoms with E-state index in [0.717, 1.165) is 34.2 Å². The van der Waals surface area contributed by atoms with Gasteiger partial charge in [-0.1, -0.05) is 59.2 Å². The molecule has 0 aliphatic carbocycles. The minimum atomic E-state index is -0.773. The minimum absolute atomic E-state index is 0.167. The molecule has 9 heteroatoms. The molecule has 172 valence electrons. The summed E-state index contributed by atoms with van der Waals surface area (Å²) in [6.45, 7) is 6.13. The molecule has 0 radical (unpaired) electrons. The lowest BCUT2D eigenvalue weighted by Crippen LogP contribution is -2.36. The number of thioether (sulfide) groups is 1. The fourth-order valence-electron chi connectivity index (χ4n) is 3.59. The summed E-state index contributed by atoms with van der Waals surface area (Å²) in [7, 11) is 0. The zero-order valence-corrected chi connectivity index (χ0v) is 21.1. The first-order valence-electron chi connectivity index (χ1n) is 10.9. The molecule has 0 N–H and O–H groups in total. The number of aromatic nitrogens is 3. The standard InChI is InChI=1S/C24H25BrN4O3S/c1-4-6-13-33-24-26-22-21(27-28-24)17-9-7-8-10-20(17)29(15(3)30)23(32-22)18-14-16(31-5-2)11-12-19(18)25/h7-12,14,23H,4-6,13H2,1-3H3/t23-/m0/s1. The van der Waals surface area contributed by atoms with Gasteiger partial charge >= 0.3 is 0 Å². The molecule has 33 heavy (non-hydrogen) atoms. The van der Waals surface area contributed by atoms with Gasteiger partial charge in [0, 0.05) is 28.3 Å². The number of carbonyl (C=O) groups is 1. The van der Waals surface area contributed by atoms with Crippen molar-refractivity contribution in [3.63, 3.8) is 0 Å². The molecule has 3 aromatic rings. The van der Waals surface area contributed by atoms with E-state index in [1.807, 2.05) is 49.4 Å². The zero-order chi connectivity index (χ0) is 23.4. The molecule has 2 aromatic carbocycles. The molecular formula is C24H25BrN4O3S. The van der Waals surface area contributed by atoms with Crippen LogP contribution in [0, 0.1) is 0 Å². The van der Waals surface area contributed by atoms with Gasteiger partial charge in [0.15, 0.2) is 5.69 Å². The number of anilines is 1. The van der Waals surface area contributed by atoms with E-state index in [1.165, 1.54) is 6.92 Å². The van der Waals surface area contributed by atoms with Gasteiger partial charge in [-0.15, -0.1) is 10.2 Å². The molecule has 0 saturated heterocycles. The lowest BCUT2D eigenvalue weighted by molar-refractivity contribution is -0.118. The number of amides is 1. The first-order valence-corrected chi connectivity index (χ1v) is 12.7. The molecule has 0 unspecified atom stereocenters. The van der Waals surface area contributed by atoms with Crippen molar-refractivity contribution < 1.29 is 14.3 Å². The van der Waals surface area contributed by atoms with Crippen LogP contribution in [0.25, 0.3) is 11.3 Å². The number of unbranched alkanes of at least 4 members (excludes halogenated alkanes) is 1. The maximum atomic E-state index is 13.0. The summed E-state index contributed by atoms with van der Waals surface area (Å²) in [4.78, 5) is 19.3. The Bertz CT molecular complexity index is 1160. The summed E-state index contributed by atoms with van der Waals surface area (Å²) in [5.41, 5.74) is 2.69. The van der Waals surface area contributed by atoms with Gasteiger partial charge in [0.2, 0.25) is 23.2 Å². The predicted octanol–water partition coefficient (Wildman–Crippen LogP) is 6.04. The summed E-state index contributed by atoms with van der Waals surface area (Å²) in [5.74, 6) is 1.77. The van der Waals surface area contributed by atoms with Crippen molar-refractivity contribution in [3.8, 4) is 22.9 Å². The first kappa shape index (κ1) is 23.5. The van der Waals surface area contributed by atoms with Crippen molar-refractivity contribution in [2.45, 2.75) is 45.0 Å². The van der Waals surface area contributed by atoms with E-state index in [-0.39, 0.29) is 5.91 Å². The van der Waals surface area contributed by atoms with E-state index in [2.05, 4.69) is 38.0 Å². The van der Waals surface area contributed by atoms with E-state index < -0.39 is 6.23 Å². The summed E-state index contributed by atoms with van der Waals surface area (Å²) in [6.07, 6.45) is 1.38. The average molecular weight is 529 g/mol. The van der Waals surface area contributed by atoms with Crippen LogP contribution in [0.3, 0.4) is 0 Å². The van der Waals surface area contributed by atoms with Gasteiger partial charge in [-0.3, -0.25) is 9.69 Å². The lowest BCUT2D eigenvalue weighted by atomic mass is 10.1. The van der Waals surface area contributed by atoms with Gasteiger partial charge in [0.1, 0.15) is 5.75 Å². The summed E-state index contributed by atoms with van der Waals surface area (Å²) < 4.78 is 13.0. The smallest absolute Gasteiger partial charge is 0.247 e. The molecule has 1 aliphatic rings. The van der Waals surface area contributed by atoms with Crippen molar-refractivity contribution in [2.24, 2.45) is 0 Å². The average Bonchev–Trinajstić information content (AvgIpc) is 2.95. The van der Waals surface area contributed by atoms with Crippen LogP contribution in [0.2, 0.25) is 0 Å². The molecule has 7 nitrogen and oxygen atoms in total. The van der Waals surface area contributed by atoms with Crippen LogP contribution in [0.4, 0.5) is 5.69 Å². The number of hydrogen-bond acceptors (Lipinski definition) is 7. The molecule has 1 amide bonds. The highest BCUT2D eigenvalue weighted by Crippen LogP contribution is 2.45. The van der Waals surface area contributed by atoms with Crippen LogP contribution < -0.4 is 14.4 Å². The maximum Gasteiger partial charge on any atom is 0.247 e. The maximum absolute atomic E-state index is 13.0. The van der Waals surface area contributed by atoms with Crippen molar-refractivity contribution >= 4 is 39.3 Å². The molecule has 0 saturated carbocycles. The van der Waals surface area contributed by atoms with E-state index >= 15 is 0 Å². The third-order valence-corrected chi connectivity index (χ3v) is 6.77. The number of carbonyl (C=O) groups excluding carboxylic acids is 1. The number of benzene rings is 2. The van der Waals surface area contributed by atoms with Gasteiger partial charge in [-0.05, 0) is 37.6 Å². The Hall–Kier alpha value is -2.65. The van der Waals surface area contributed by atoms with Crippen molar-refractivity contribution in [3.05, 3.63) is 52.5 Å². The SMILES string of the molecule is CCCCSc1nnc2c(n1)O[C@@H](c1cc(OCC)ccc1Br)N(C(C)=O)c1ccccc1-2. The molecule has 1 aliphatic heterocycles. The summed E-state index contributed by atoms with van der Waals surface area (Å²) >= 11 is 5.18. The van der Waals surface area contributed by atoms with Crippen LogP contribution in [0.15, 0.2) is 52.1 Å². The molecule has 1 atom stereocenters. The number of halogens is 1. The quantitative estimate of drug-likeness (QED) is 0.273. The Labute approximate surface area is 206 Å². The second kappa shape index (κ2) is 10.5. The van der Waals surface area contributed by atoms with Gasteiger partial charge in [0.25, 0.3) is 0 Å². The van der Waals surface area contributed by atoms with Crippen molar-refractivity contribution in [1.82, 2.24) is 15.2 Å². The van der Waals surface area contributed by atoms with E-state index in [4.69, 9.17) is 9.47 Å². The molecule has 4 rings (SSSR count). The summed E-state index contributed by atoms with van der Waals surface area (Å²) in [5, 5.41) is 9.33. The van der Waals surface area contributed by atoms with Crippen LogP contribution in [0.1, 0.15) is 45.4 Å². The Balaban J connectivity index is 1.87. The normalized spacial score (nSPS) is 14.7. The Kier molecular flexibility index (Phi) is 7.49. The van der Waals surface area contributed by atoms with Crippen LogP contribution in [-0.4, -0.2) is 33.4 Å². The van der Waals surface area contributed by atoms with Crippen molar-refractivity contribution in [1.29, 1.82) is 0 Å².